The van der Waals surface area contributed by atoms with Crippen LogP contribution in [0.1, 0.15) is 32.1 Å². The van der Waals surface area contributed by atoms with Crippen molar-refractivity contribution in [3.63, 3.8) is 0 Å². The molecule has 2 rings (SSSR count). The van der Waals surface area contributed by atoms with Crippen molar-refractivity contribution in [1.82, 2.24) is 0 Å². The number of methoxy groups -OCH3 is 1. The fourth-order valence-electron chi connectivity index (χ4n) is 2.14. The van der Waals surface area contributed by atoms with Crippen molar-refractivity contribution in [2.75, 3.05) is 12.8 Å². The predicted octanol–water partition coefficient (Wildman–Crippen LogP) is 2.99. The molecule has 3 nitrogen and oxygen atoms in total. The first-order chi connectivity index (χ1) is 7.79. The molecule has 16 heavy (non-hydrogen) atoms. The molecule has 0 atom stereocenters. The van der Waals surface area contributed by atoms with Gasteiger partial charge >= 0.3 is 0 Å². The van der Waals surface area contributed by atoms with Gasteiger partial charge in [-0.15, -0.1) is 0 Å². The minimum atomic E-state index is 0.339. The van der Waals surface area contributed by atoms with Gasteiger partial charge < -0.3 is 15.2 Å². The molecule has 1 aromatic rings. The molecule has 0 bridgehead atoms. The Morgan fingerprint density at radius 1 is 1.12 bits per heavy atom. The van der Waals surface area contributed by atoms with Gasteiger partial charge in [0.25, 0.3) is 0 Å². The van der Waals surface area contributed by atoms with Crippen LogP contribution in [0.4, 0.5) is 5.69 Å². The SMILES string of the molecule is COc1cc(N)ccc1OC1CCCCC1. The number of benzene rings is 1. The number of hydrogen-bond donors (Lipinski definition) is 1. The van der Waals surface area contributed by atoms with E-state index >= 15 is 0 Å². The van der Waals surface area contributed by atoms with Crippen molar-refractivity contribution < 1.29 is 9.47 Å². The normalized spacial score (nSPS) is 17.1. The lowest BCUT2D eigenvalue weighted by Crippen LogP contribution is -2.19. The van der Waals surface area contributed by atoms with E-state index in [2.05, 4.69) is 0 Å². The third kappa shape index (κ3) is 2.60. The summed E-state index contributed by atoms with van der Waals surface area (Å²) in [5.74, 6) is 1.54. The number of hydrogen-bond acceptors (Lipinski definition) is 3. The van der Waals surface area contributed by atoms with Crippen LogP contribution in [0.2, 0.25) is 0 Å². The monoisotopic (exact) mass is 221 g/mol. The molecular formula is C13H19NO2. The maximum Gasteiger partial charge on any atom is 0.162 e. The van der Waals surface area contributed by atoms with Crippen LogP contribution in [-0.4, -0.2) is 13.2 Å². The van der Waals surface area contributed by atoms with Gasteiger partial charge in [-0.25, -0.2) is 0 Å². The van der Waals surface area contributed by atoms with Gasteiger partial charge in [0.2, 0.25) is 0 Å². The molecular weight excluding hydrogens is 202 g/mol. The highest BCUT2D eigenvalue weighted by Gasteiger charge is 2.16. The molecule has 0 radical (unpaired) electrons. The molecule has 0 aliphatic heterocycles. The molecule has 1 saturated carbocycles. The van der Waals surface area contributed by atoms with Gasteiger partial charge in [-0.2, -0.15) is 0 Å². The number of nitrogens with two attached hydrogens (primary N) is 1. The van der Waals surface area contributed by atoms with Crippen molar-refractivity contribution in [2.24, 2.45) is 0 Å². The quantitative estimate of drug-likeness (QED) is 0.798. The van der Waals surface area contributed by atoms with Gasteiger partial charge in [0.15, 0.2) is 11.5 Å². The van der Waals surface area contributed by atoms with Gasteiger partial charge in [-0.3, -0.25) is 0 Å². The Morgan fingerprint density at radius 2 is 1.88 bits per heavy atom. The molecule has 88 valence electrons. The Labute approximate surface area is 96.5 Å². The predicted molar refractivity (Wildman–Crippen MR) is 64.9 cm³/mol. The van der Waals surface area contributed by atoms with E-state index in [1.807, 2.05) is 12.1 Å². The Bertz CT molecular complexity index is 346. The molecule has 2 N–H and O–H groups in total. The summed E-state index contributed by atoms with van der Waals surface area (Å²) in [7, 11) is 1.64. The Kier molecular flexibility index (Phi) is 3.54. The molecule has 1 fully saturated rings. The first-order valence-corrected chi connectivity index (χ1v) is 5.90. The molecule has 1 aliphatic carbocycles. The number of ether oxygens (including phenoxy) is 2. The van der Waals surface area contributed by atoms with Crippen LogP contribution < -0.4 is 15.2 Å². The lowest BCUT2D eigenvalue weighted by molar-refractivity contribution is 0.149. The van der Waals surface area contributed by atoms with Crippen molar-refractivity contribution in [3.05, 3.63) is 18.2 Å². The van der Waals surface area contributed by atoms with E-state index in [1.54, 1.807) is 13.2 Å². The van der Waals surface area contributed by atoms with E-state index in [1.165, 1.54) is 19.3 Å². The second-order valence-corrected chi connectivity index (χ2v) is 4.29. The smallest absolute Gasteiger partial charge is 0.162 e. The summed E-state index contributed by atoms with van der Waals surface area (Å²) in [6, 6.07) is 5.54. The van der Waals surface area contributed by atoms with Gasteiger partial charge in [0.1, 0.15) is 0 Å². The van der Waals surface area contributed by atoms with Crippen molar-refractivity contribution in [2.45, 2.75) is 38.2 Å². The van der Waals surface area contributed by atoms with Crippen LogP contribution in [0.5, 0.6) is 11.5 Å². The third-order valence-corrected chi connectivity index (χ3v) is 3.03. The molecule has 0 heterocycles. The first-order valence-electron chi connectivity index (χ1n) is 5.90. The van der Waals surface area contributed by atoms with E-state index < -0.39 is 0 Å². The number of anilines is 1. The second kappa shape index (κ2) is 5.10. The van der Waals surface area contributed by atoms with Crippen LogP contribution in [0.3, 0.4) is 0 Å². The van der Waals surface area contributed by atoms with Gasteiger partial charge in [-0.1, -0.05) is 6.42 Å². The van der Waals surface area contributed by atoms with E-state index in [9.17, 15) is 0 Å². The first kappa shape index (κ1) is 11.1. The number of rotatable bonds is 3. The Morgan fingerprint density at radius 3 is 2.56 bits per heavy atom. The zero-order valence-electron chi connectivity index (χ0n) is 9.74. The highest BCUT2D eigenvalue weighted by molar-refractivity contribution is 5.51. The van der Waals surface area contributed by atoms with E-state index in [4.69, 9.17) is 15.2 Å². The summed E-state index contributed by atoms with van der Waals surface area (Å²) in [4.78, 5) is 0. The Balaban J connectivity index is 2.07. The summed E-state index contributed by atoms with van der Waals surface area (Å²) < 4.78 is 11.2. The van der Waals surface area contributed by atoms with Crippen LogP contribution in [0.25, 0.3) is 0 Å². The summed E-state index contributed by atoms with van der Waals surface area (Å²) in [5.41, 5.74) is 6.40. The molecule has 1 aliphatic rings. The minimum absolute atomic E-state index is 0.339. The van der Waals surface area contributed by atoms with E-state index in [0.717, 1.165) is 24.3 Å². The molecule has 0 amide bonds. The zero-order chi connectivity index (χ0) is 11.4. The summed E-state index contributed by atoms with van der Waals surface area (Å²) in [6.07, 6.45) is 6.50. The average molecular weight is 221 g/mol. The summed E-state index contributed by atoms with van der Waals surface area (Å²) in [5, 5.41) is 0. The van der Waals surface area contributed by atoms with Gasteiger partial charge in [0.05, 0.1) is 13.2 Å². The molecule has 0 spiro atoms. The van der Waals surface area contributed by atoms with Gasteiger partial charge in [0, 0.05) is 11.8 Å². The highest BCUT2D eigenvalue weighted by atomic mass is 16.5. The van der Waals surface area contributed by atoms with Crippen molar-refractivity contribution in [1.29, 1.82) is 0 Å². The average Bonchev–Trinajstić information content (AvgIpc) is 2.33. The molecule has 0 saturated heterocycles. The van der Waals surface area contributed by atoms with Gasteiger partial charge in [-0.05, 0) is 37.8 Å². The largest absolute Gasteiger partial charge is 0.493 e. The van der Waals surface area contributed by atoms with Crippen molar-refractivity contribution >= 4 is 5.69 Å². The van der Waals surface area contributed by atoms with Crippen LogP contribution in [0, 0.1) is 0 Å². The number of nitrogen functional groups attached to an aromatic ring is 1. The summed E-state index contributed by atoms with van der Waals surface area (Å²) in [6.45, 7) is 0. The van der Waals surface area contributed by atoms with E-state index in [0.29, 0.717) is 11.8 Å². The lowest BCUT2D eigenvalue weighted by Gasteiger charge is -2.24. The third-order valence-electron chi connectivity index (χ3n) is 3.03. The standard InChI is InChI=1S/C13H19NO2/c1-15-13-9-10(14)7-8-12(13)16-11-5-3-2-4-6-11/h7-9,11H,2-6,14H2,1H3. The van der Waals surface area contributed by atoms with Crippen LogP contribution in [-0.2, 0) is 0 Å². The maximum atomic E-state index is 5.95. The molecule has 0 unspecified atom stereocenters. The van der Waals surface area contributed by atoms with Crippen LogP contribution in [0.15, 0.2) is 18.2 Å². The fourth-order valence-corrected chi connectivity index (χ4v) is 2.14. The zero-order valence-corrected chi connectivity index (χ0v) is 9.74. The molecule has 0 aromatic heterocycles. The molecule has 1 aromatic carbocycles. The highest BCUT2D eigenvalue weighted by Crippen LogP contribution is 2.32. The fraction of sp³-hybridized carbons (Fsp3) is 0.538. The van der Waals surface area contributed by atoms with E-state index in [-0.39, 0.29) is 0 Å². The van der Waals surface area contributed by atoms with Crippen LogP contribution >= 0.6 is 0 Å². The maximum absolute atomic E-state index is 5.95. The Hall–Kier alpha value is -1.38. The second-order valence-electron chi connectivity index (χ2n) is 4.29. The topological polar surface area (TPSA) is 44.5 Å². The molecule has 3 heteroatoms. The minimum Gasteiger partial charge on any atom is -0.493 e. The summed E-state index contributed by atoms with van der Waals surface area (Å²) >= 11 is 0. The van der Waals surface area contributed by atoms with Crippen molar-refractivity contribution in [3.8, 4) is 11.5 Å². The lowest BCUT2D eigenvalue weighted by atomic mass is 9.98.